The number of hydrogen-bond acceptors (Lipinski definition) is 5. The summed E-state index contributed by atoms with van der Waals surface area (Å²) >= 11 is 0. The summed E-state index contributed by atoms with van der Waals surface area (Å²) in [5.41, 5.74) is 4.54. The SMILES string of the molecule is C/C=C1\CC(C(=O)OCc2ccccc2)(C(=O)OCc2ccccc2)CC1=C(C)c1ccccc1C(=O)c1ccccc1. The van der Waals surface area contributed by atoms with Crippen LogP contribution in [0.4, 0.5) is 0 Å². The highest BCUT2D eigenvalue weighted by molar-refractivity contribution is 6.12. The van der Waals surface area contributed by atoms with Crippen LogP contribution in [0, 0.1) is 5.41 Å². The summed E-state index contributed by atoms with van der Waals surface area (Å²) in [6.45, 7) is 3.93. The van der Waals surface area contributed by atoms with Gasteiger partial charge in [0.15, 0.2) is 11.2 Å². The molecule has 5 rings (SSSR count). The number of ether oxygens (including phenoxy) is 2. The van der Waals surface area contributed by atoms with Crippen LogP contribution >= 0.6 is 0 Å². The van der Waals surface area contributed by atoms with E-state index in [4.69, 9.17) is 9.47 Å². The summed E-state index contributed by atoms with van der Waals surface area (Å²) < 4.78 is 11.6. The first kappa shape index (κ1) is 29.5. The fourth-order valence-corrected chi connectivity index (χ4v) is 5.57. The van der Waals surface area contributed by atoms with Gasteiger partial charge in [-0.3, -0.25) is 14.4 Å². The topological polar surface area (TPSA) is 69.7 Å². The minimum atomic E-state index is -1.56. The van der Waals surface area contributed by atoms with Crippen molar-refractivity contribution in [1.82, 2.24) is 0 Å². The second kappa shape index (κ2) is 13.3. The Morgan fingerprint density at radius 3 is 1.63 bits per heavy atom. The van der Waals surface area contributed by atoms with Crippen molar-refractivity contribution >= 4 is 23.3 Å². The molecule has 0 spiro atoms. The number of hydrogen-bond donors (Lipinski definition) is 0. The van der Waals surface area contributed by atoms with Gasteiger partial charge in [0.25, 0.3) is 0 Å². The highest BCUT2D eigenvalue weighted by Crippen LogP contribution is 2.50. The molecule has 216 valence electrons. The number of rotatable bonds is 9. The first-order chi connectivity index (χ1) is 20.9. The number of carbonyl (C=O) groups is 3. The van der Waals surface area contributed by atoms with Crippen molar-refractivity contribution in [1.29, 1.82) is 0 Å². The van der Waals surface area contributed by atoms with Crippen LogP contribution in [0.5, 0.6) is 0 Å². The largest absolute Gasteiger partial charge is 0.460 e. The van der Waals surface area contributed by atoms with Crippen LogP contribution in [0.2, 0.25) is 0 Å². The fraction of sp³-hybridized carbons (Fsp3) is 0.184. The van der Waals surface area contributed by atoms with Gasteiger partial charge >= 0.3 is 11.9 Å². The summed E-state index contributed by atoms with van der Waals surface area (Å²) in [4.78, 5) is 41.3. The van der Waals surface area contributed by atoms with E-state index in [2.05, 4.69) is 0 Å². The summed E-state index contributed by atoms with van der Waals surface area (Å²) in [5, 5.41) is 0. The third-order valence-corrected chi connectivity index (χ3v) is 7.98. The predicted octanol–water partition coefficient (Wildman–Crippen LogP) is 7.90. The first-order valence-electron chi connectivity index (χ1n) is 14.4. The van der Waals surface area contributed by atoms with Gasteiger partial charge in [-0.2, -0.15) is 0 Å². The van der Waals surface area contributed by atoms with Crippen molar-refractivity contribution in [2.75, 3.05) is 0 Å². The van der Waals surface area contributed by atoms with Crippen molar-refractivity contribution in [3.05, 3.63) is 160 Å². The Kier molecular flexibility index (Phi) is 9.11. The molecular formula is C38H34O5. The van der Waals surface area contributed by atoms with Gasteiger partial charge in [-0.05, 0) is 53.7 Å². The van der Waals surface area contributed by atoms with Crippen LogP contribution in [0.15, 0.2) is 132 Å². The molecule has 0 atom stereocenters. The molecule has 1 aliphatic carbocycles. The molecule has 1 aliphatic rings. The number of esters is 2. The highest BCUT2D eigenvalue weighted by atomic mass is 16.6. The summed E-state index contributed by atoms with van der Waals surface area (Å²) in [7, 11) is 0. The molecule has 0 saturated heterocycles. The molecule has 0 amide bonds. The number of ketones is 1. The molecule has 1 saturated carbocycles. The van der Waals surface area contributed by atoms with Gasteiger partial charge in [0.1, 0.15) is 13.2 Å². The Morgan fingerprint density at radius 1 is 0.651 bits per heavy atom. The molecule has 0 N–H and O–H groups in total. The van der Waals surface area contributed by atoms with Crippen LogP contribution in [0.3, 0.4) is 0 Å². The zero-order valence-corrected chi connectivity index (χ0v) is 24.4. The number of carbonyl (C=O) groups excluding carboxylic acids is 3. The standard InChI is InChI=1S/C38H34O5/c1-3-30-23-38(36(40)42-25-28-15-7-4-8-16-28,37(41)43-26-29-17-9-5-10-18-29)24-34(30)27(2)32-21-13-14-22-33(32)35(39)31-19-11-6-12-20-31/h3-22H,23-26H2,1-2H3/b30-3+,34-27?. The van der Waals surface area contributed by atoms with E-state index in [0.29, 0.717) is 11.1 Å². The minimum Gasteiger partial charge on any atom is -0.460 e. The molecule has 0 radical (unpaired) electrons. The Bertz CT molecular complexity index is 1610. The van der Waals surface area contributed by atoms with Crippen LogP contribution < -0.4 is 0 Å². The van der Waals surface area contributed by atoms with E-state index in [0.717, 1.165) is 33.4 Å². The zero-order valence-electron chi connectivity index (χ0n) is 24.4. The molecule has 0 aliphatic heterocycles. The van der Waals surface area contributed by atoms with Gasteiger partial charge in [-0.25, -0.2) is 0 Å². The second-order valence-corrected chi connectivity index (χ2v) is 10.7. The quantitative estimate of drug-likeness (QED) is 0.116. The van der Waals surface area contributed by atoms with Crippen molar-refractivity contribution in [3.8, 4) is 0 Å². The Hall–Kier alpha value is -5.03. The van der Waals surface area contributed by atoms with Crippen LogP contribution in [0.1, 0.15) is 59.3 Å². The average Bonchev–Trinajstić information content (AvgIpc) is 3.48. The van der Waals surface area contributed by atoms with Crippen molar-refractivity contribution in [2.45, 2.75) is 39.9 Å². The van der Waals surface area contributed by atoms with Gasteiger partial charge in [0.05, 0.1) is 0 Å². The molecular weight excluding hydrogens is 536 g/mol. The molecule has 4 aromatic rings. The third kappa shape index (κ3) is 6.41. The van der Waals surface area contributed by atoms with E-state index in [9.17, 15) is 14.4 Å². The first-order valence-corrected chi connectivity index (χ1v) is 14.4. The van der Waals surface area contributed by atoms with E-state index in [1.54, 1.807) is 12.1 Å². The Morgan fingerprint density at radius 2 is 1.12 bits per heavy atom. The lowest BCUT2D eigenvalue weighted by molar-refractivity contribution is -0.173. The molecule has 5 nitrogen and oxygen atoms in total. The lowest BCUT2D eigenvalue weighted by Crippen LogP contribution is -2.39. The molecule has 0 aromatic heterocycles. The molecule has 4 aromatic carbocycles. The van der Waals surface area contributed by atoms with Gasteiger partial charge in [0.2, 0.25) is 0 Å². The van der Waals surface area contributed by atoms with E-state index < -0.39 is 17.4 Å². The molecule has 5 heteroatoms. The summed E-state index contributed by atoms with van der Waals surface area (Å²) in [6, 6.07) is 35.4. The van der Waals surface area contributed by atoms with E-state index >= 15 is 0 Å². The molecule has 1 fully saturated rings. The average molecular weight is 571 g/mol. The fourth-order valence-electron chi connectivity index (χ4n) is 5.57. The maximum Gasteiger partial charge on any atom is 0.324 e. The van der Waals surface area contributed by atoms with E-state index in [1.165, 1.54) is 0 Å². The van der Waals surface area contributed by atoms with Crippen LogP contribution in [-0.4, -0.2) is 17.7 Å². The Balaban J connectivity index is 1.51. The molecule has 0 bridgehead atoms. The summed E-state index contributed by atoms with van der Waals surface area (Å²) in [6.07, 6.45) is 2.18. The minimum absolute atomic E-state index is 0.0466. The summed E-state index contributed by atoms with van der Waals surface area (Å²) in [5.74, 6) is -1.33. The van der Waals surface area contributed by atoms with Crippen LogP contribution in [-0.2, 0) is 32.3 Å². The third-order valence-electron chi connectivity index (χ3n) is 7.98. The van der Waals surface area contributed by atoms with Crippen molar-refractivity contribution in [3.63, 3.8) is 0 Å². The smallest absolute Gasteiger partial charge is 0.324 e. The molecule has 0 unspecified atom stereocenters. The van der Waals surface area contributed by atoms with Crippen LogP contribution in [0.25, 0.3) is 5.57 Å². The maximum absolute atomic E-state index is 13.9. The van der Waals surface area contributed by atoms with Gasteiger partial charge < -0.3 is 9.47 Å². The predicted molar refractivity (Wildman–Crippen MR) is 167 cm³/mol. The number of allylic oxidation sites excluding steroid dienone is 4. The maximum atomic E-state index is 13.9. The van der Waals surface area contributed by atoms with E-state index in [-0.39, 0.29) is 31.8 Å². The van der Waals surface area contributed by atoms with Crippen molar-refractivity contribution < 1.29 is 23.9 Å². The lowest BCUT2D eigenvalue weighted by Gasteiger charge is -2.24. The van der Waals surface area contributed by atoms with Crippen molar-refractivity contribution in [2.24, 2.45) is 5.41 Å². The Labute approximate surface area is 252 Å². The highest BCUT2D eigenvalue weighted by Gasteiger charge is 2.54. The second-order valence-electron chi connectivity index (χ2n) is 10.7. The van der Waals surface area contributed by atoms with Gasteiger partial charge in [-0.15, -0.1) is 0 Å². The van der Waals surface area contributed by atoms with Gasteiger partial charge in [-0.1, -0.05) is 121 Å². The van der Waals surface area contributed by atoms with E-state index in [1.807, 2.05) is 123 Å². The number of benzene rings is 4. The van der Waals surface area contributed by atoms with Gasteiger partial charge in [0, 0.05) is 17.5 Å². The normalized spacial score (nSPS) is 16.0. The monoisotopic (exact) mass is 570 g/mol. The zero-order chi connectivity index (χ0) is 30.2. The molecule has 0 heterocycles. The molecule has 43 heavy (non-hydrogen) atoms. The lowest BCUT2D eigenvalue weighted by atomic mass is 9.84.